The predicted octanol–water partition coefficient (Wildman–Crippen LogP) is 1.10. The maximum absolute atomic E-state index is 5.50. The Labute approximate surface area is 111 Å². The van der Waals surface area contributed by atoms with Crippen molar-refractivity contribution in [3.8, 4) is 0 Å². The van der Waals surface area contributed by atoms with Crippen molar-refractivity contribution in [2.45, 2.75) is 6.42 Å². The Hall–Kier alpha value is -1.95. The molecule has 5 nitrogen and oxygen atoms in total. The van der Waals surface area contributed by atoms with Gasteiger partial charge < -0.3 is 15.6 Å². The Morgan fingerprint density at radius 3 is 2.83 bits per heavy atom. The lowest BCUT2D eigenvalue weighted by Gasteiger charge is -2.06. The molecule has 0 atom stereocenters. The van der Waals surface area contributed by atoms with Crippen molar-refractivity contribution in [3.63, 3.8) is 0 Å². The first-order valence-corrected chi connectivity index (χ1v) is 6.03. The van der Waals surface area contributed by atoms with E-state index in [1.807, 2.05) is 29.9 Å². The normalized spacial score (nSPS) is 10.3. The number of aryl methyl sites for hydroxylation is 1. The minimum Gasteiger partial charge on any atom is -0.389 e. The number of nitrogens with two attached hydrogens (primary N) is 1. The van der Waals surface area contributed by atoms with Gasteiger partial charge in [-0.3, -0.25) is 0 Å². The highest BCUT2D eigenvalue weighted by Gasteiger charge is 2.00. The number of hydrogen-bond donors (Lipinski definition) is 2. The summed E-state index contributed by atoms with van der Waals surface area (Å²) in [6.07, 6.45) is 6.25. The number of aromatic nitrogens is 3. The van der Waals surface area contributed by atoms with Crippen molar-refractivity contribution in [2.75, 3.05) is 11.9 Å². The Morgan fingerprint density at radius 1 is 1.44 bits per heavy atom. The summed E-state index contributed by atoms with van der Waals surface area (Å²) in [6, 6.07) is 3.73. The van der Waals surface area contributed by atoms with Crippen molar-refractivity contribution in [1.82, 2.24) is 14.5 Å². The lowest BCUT2D eigenvalue weighted by molar-refractivity contribution is 0.788. The van der Waals surface area contributed by atoms with E-state index in [1.54, 1.807) is 12.4 Å². The monoisotopic (exact) mass is 261 g/mol. The zero-order chi connectivity index (χ0) is 13.0. The first-order chi connectivity index (χ1) is 8.66. The molecule has 6 heteroatoms. The molecule has 2 aromatic rings. The molecule has 0 spiro atoms. The molecule has 0 bridgehead atoms. The van der Waals surface area contributed by atoms with Crippen LogP contribution in [0.25, 0.3) is 0 Å². The third-order valence-corrected chi connectivity index (χ3v) is 2.86. The Kier molecular flexibility index (Phi) is 3.88. The second-order valence-corrected chi connectivity index (χ2v) is 4.37. The van der Waals surface area contributed by atoms with Crippen LogP contribution in [0.3, 0.4) is 0 Å². The Bertz CT molecular complexity index is 532. The molecule has 0 amide bonds. The number of imidazole rings is 1. The average molecular weight is 261 g/mol. The van der Waals surface area contributed by atoms with Gasteiger partial charge in [-0.25, -0.2) is 9.97 Å². The number of nitrogens with zero attached hydrogens (tertiary/aromatic N) is 3. The molecular formula is C12H15N5S. The minimum atomic E-state index is 0.363. The van der Waals surface area contributed by atoms with Crippen LogP contribution in [0, 0.1) is 0 Å². The highest BCUT2D eigenvalue weighted by molar-refractivity contribution is 7.80. The number of hydrogen-bond acceptors (Lipinski definition) is 4. The van der Waals surface area contributed by atoms with Gasteiger partial charge >= 0.3 is 0 Å². The van der Waals surface area contributed by atoms with Gasteiger partial charge in [0.05, 0.1) is 0 Å². The molecule has 0 aliphatic rings. The third kappa shape index (κ3) is 3.04. The zero-order valence-corrected chi connectivity index (χ0v) is 10.9. The van der Waals surface area contributed by atoms with E-state index in [1.165, 1.54) is 0 Å². The summed E-state index contributed by atoms with van der Waals surface area (Å²) < 4.78 is 2.01. The van der Waals surface area contributed by atoms with Gasteiger partial charge in [0, 0.05) is 44.2 Å². The molecule has 0 saturated heterocycles. The molecule has 0 aromatic carbocycles. The van der Waals surface area contributed by atoms with Crippen LogP contribution in [-0.2, 0) is 13.5 Å². The van der Waals surface area contributed by atoms with E-state index in [-0.39, 0.29) is 0 Å². The third-order valence-electron chi connectivity index (χ3n) is 2.62. The van der Waals surface area contributed by atoms with Crippen molar-refractivity contribution in [2.24, 2.45) is 12.8 Å². The summed E-state index contributed by atoms with van der Waals surface area (Å²) in [7, 11) is 1.98. The fraction of sp³-hybridized carbons (Fsp3) is 0.250. The number of rotatable bonds is 5. The standard InChI is InChI=1S/C12H15N5S/c1-17-7-6-15-11(17)4-5-14-10-3-2-9(8-16-10)12(13)18/h2-3,6-8H,4-5H2,1H3,(H2,13,18)(H,14,16). The lowest BCUT2D eigenvalue weighted by Crippen LogP contribution is -2.12. The molecule has 0 aliphatic heterocycles. The van der Waals surface area contributed by atoms with Gasteiger partial charge in [-0.1, -0.05) is 12.2 Å². The van der Waals surface area contributed by atoms with E-state index in [0.29, 0.717) is 4.99 Å². The van der Waals surface area contributed by atoms with Crippen molar-refractivity contribution < 1.29 is 0 Å². The van der Waals surface area contributed by atoms with Crippen molar-refractivity contribution in [1.29, 1.82) is 0 Å². The number of nitrogens with one attached hydrogen (secondary N) is 1. The molecule has 18 heavy (non-hydrogen) atoms. The molecule has 0 unspecified atom stereocenters. The van der Waals surface area contributed by atoms with Gasteiger partial charge in [-0.2, -0.15) is 0 Å². The van der Waals surface area contributed by atoms with Crippen molar-refractivity contribution in [3.05, 3.63) is 42.1 Å². The Balaban J connectivity index is 1.87. The number of thiocarbonyl (C=S) groups is 1. The van der Waals surface area contributed by atoms with Crippen LogP contribution >= 0.6 is 12.2 Å². The second kappa shape index (κ2) is 5.59. The lowest BCUT2D eigenvalue weighted by atomic mass is 10.3. The van der Waals surface area contributed by atoms with Crippen LogP contribution in [-0.4, -0.2) is 26.1 Å². The van der Waals surface area contributed by atoms with Crippen LogP contribution in [0.4, 0.5) is 5.82 Å². The number of anilines is 1. The molecule has 0 aliphatic carbocycles. The SMILES string of the molecule is Cn1ccnc1CCNc1ccc(C(N)=S)cn1. The van der Waals surface area contributed by atoms with Crippen LogP contribution in [0.15, 0.2) is 30.7 Å². The van der Waals surface area contributed by atoms with Gasteiger partial charge in [0.2, 0.25) is 0 Å². The van der Waals surface area contributed by atoms with Crippen molar-refractivity contribution >= 4 is 23.0 Å². The maximum Gasteiger partial charge on any atom is 0.125 e. The molecule has 94 valence electrons. The van der Waals surface area contributed by atoms with E-state index in [9.17, 15) is 0 Å². The van der Waals surface area contributed by atoms with Crippen LogP contribution in [0.2, 0.25) is 0 Å². The smallest absolute Gasteiger partial charge is 0.125 e. The summed E-state index contributed by atoms with van der Waals surface area (Å²) in [5, 5.41) is 3.23. The molecule has 0 radical (unpaired) electrons. The second-order valence-electron chi connectivity index (χ2n) is 3.93. The quantitative estimate of drug-likeness (QED) is 0.789. The van der Waals surface area contributed by atoms with Crippen LogP contribution in [0.1, 0.15) is 11.4 Å². The van der Waals surface area contributed by atoms with E-state index in [2.05, 4.69) is 15.3 Å². The number of pyridine rings is 1. The van der Waals surface area contributed by atoms with Gasteiger partial charge in [-0.05, 0) is 12.1 Å². The molecule has 3 N–H and O–H groups in total. The Morgan fingerprint density at radius 2 is 2.28 bits per heavy atom. The van der Waals surface area contributed by atoms with E-state index in [4.69, 9.17) is 18.0 Å². The maximum atomic E-state index is 5.50. The zero-order valence-electron chi connectivity index (χ0n) is 10.1. The van der Waals surface area contributed by atoms with Gasteiger partial charge in [-0.15, -0.1) is 0 Å². The van der Waals surface area contributed by atoms with E-state index in [0.717, 1.165) is 30.2 Å². The highest BCUT2D eigenvalue weighted by atomic mass is 32.1. The first kappa shape index (κ1) is 12.5. The predicted molar refractivity (Wildman–Crippen MR) is 75.5 cm³/mol. The summed E-state index contributed by atoms with van der Waals surface area (Å²) in [6.45, 7) is 0.782. The summed E-state index contributed by atoms with van der Waals surface area (Å²) in [5.74, 6) is 1.85. The molecular weight excluding hydrogens is 246 g/mol. The largest absolute Gasteiger partial charge is 0.389 e. The van der Waals surface area contributed by atoms with E-state index >= 15 is 0 Å². The minimum absolute atomic E-state index is 0.363. The summed E-state index contributed by atoms with van der Waals surface area (Å²) >= 11 is 4.87. The first-order valence-electron chi connectivity index (χ1n) is 5.63. The van der Waals surface area contributed by atoms with E-state index < -0.39 is 0 Å². The van der Waals surface area contributed by atoms with Crippen LogP contribution in [0.5, 0.6) is 0 Å². The molecule has 0 fully saturated rings. The fourth-order valence-corrected chi connectivity index (χ4v) is 1.70. The van der Waals surface area contributed by atoms with Gasteiger partial charge in [0.1, 0.15) is 16.6 Å². The summed E-state index contributed by atoms with van der Waals surface area (Å²) in [5.41, 5.74) is 6.28. The molecule has 2 heterocycles. The van der Waals surface area contributed by atoms with Crippen LogP contribution < -0.4 is 11.1 Å². The fourth-order valence-electron chi connectivity index (χ4n) is 1.58. The van der Waals surface area contributed by atoms with Gasteiger partial charge in [0.15, 0.2) is 0 Å². The summed E-state index contributed by atoms with van der Waals surface area (Å²) in [4.78, 5) is 8.85. The highest BCUT2D eigenvalue weighted by Crippen LogP contribution is 2.05. The molecule has 2 rings (SSSR count). The average Bonchev–Trinajstić information content (AvgIpc) is 2.76. The molecule has 0 saturated carbocycles. The molecule has 2 aromatic heterocycles. The topological polar surface area (TPSA) is 68.8 Å². The van der Waals surface area contributed by atoms with Gasteiger partial charge in [0.25, 0.3) is 0 Å².